The van der Waals surface area contributed by atoms with Crippen molar-refractivity contribution >= 4 is 5.97 Å². The molecule has 0 saturated heterocycles. The molecule has 4 N–H and O–H groups in total. The highest BCUT2D eigenvalue weighted by atomic mass is 19.4. The molecule has 2 rings (SSSR count). The number of carboxylic acids is 1. The molecule has 2 aromatic carbocycles. The van der Waals surface area contributed by atoms with Gasteiger partial charge in [0.25, 0.3) is 0 Å². The third-order valence-electron chi connectivity index (χ3n) is 2.99. The third kappa shape index (κ3) is 2.62. The Labute approximate surface area is 121 Å². The number of phenolic OH excluding ortho intramolecular Hbond substituents is 3. The van der Waals surface area contributed by atoms with Crippen molar-refractivity contribution in [2.75, 3.05) is 0 Å². The maximum atomic E-state index is 12.5. The molecule has 0 aliphatic heterocycles. The van der Waals surface area contributed by atoms with E-state index in [2.05, 4.69) is 0 Å². The van der Waals surface area contributed by atoms with E-state index in [0.29, 0.717) is 18.2 Å². The van der Waals surface area contributed by atoms with E-state index in [0.717, 1.165) is 12.1 Å². The summed E-state index contributed by atoms with van der Waals surface area (Å²) in [4.78, 5) is 11.2. The van der Waals surface area contributed by atoms with Gasteiger partial charge in [0.2, 0.25) is 5.75 Å². The third-order valence-corrected chi connectivity index (χ3v) is 2.99. The molecule has 0 aliphatic carbocycles. The topological polar surface area (TPSA) is 98.0 Å². The fourth-order valence-electron chi connectivity index (χ4n) is 1.93. The molecule has 22 heavy (non-hydrogen) atoms. The zero-order valence-corrected chi connectivity index (χ0v) is 10.7. The normalized spacial score (nSPS) is 11.4. The van der Waals surface area contributed by atoms with E-state index >= 15 is 0 Å². The average Bonchev–Trinajstić information content (AvgIpc) is 2.43. The minimum Gasteiger partial charge on any atom is -0.504 e. The Kier molecular flexibility index (Phi) is 3.62. The van der Waals surface area contributed by atoms with Crippen molar-refractivity contribution < 1.29 is 38.4 Å². The van der Waals surface area contributed by atoms with Crippen LogP contribution in [0.5, 0.6) is 17.2 Å². The average molecular weight is 314 g/mol. The molecule has 0 radical (unpaired) electrons. The number of carboxylic acid groups (broad SMARTS) is 1. The second-order valence-electron chi connectivity index (χ2n) is 4.40. The first-order valence-corrected chi connectivity index (χ1v) is 5.81. The summed E-state index contributed by atoms with van der Waals surface area (Å²) in [6.45, 7) is 0. The monoisotopic (exact) mass is 314 g/mol. The van der Waals surface area contributed by atoms with Gasteiger partial charge in [0.1, 0.15) is 0 Å². The van der Waals surface area contributed by atoms with Gasteiger partial charge in [-0.15, -0.1) is 0 Å². The van der Waals surface area contributed by atoms with Gasteiger partial charge in [0.05, 0.1) is 11.1 Å². The number of halogens is 3. The van der Waals surface area contributed by atoms with E-state index < -0.39 is 46.1 Å². The number of phenols is 3. The summed E-state index contributed by atoms with van der Waals surface area (Å²) < 4.78 is 37.5. The zero-order valence-electron chi connectivity index (χ0n) is 10.7. The van der Waals surface area contributed by atoms with Gasteiger partial charge in [0, 0.05) is 5.56 Å². The number of carbonyl (C=O) groups is 1. The summed E-state index contributed by atoms with van der Waals surface area (Å²) in [5.74, 6) is -4.27. The van der Waals surface area contributed by atoms with Gasteiger partial charge in [-0.25, -0.2) is 4.79 Å². The molecule has 0 saturated carbocycles. The highest BCUT2D eigenvalue weighted by molar-refractivity contribution is 5.99. The molecular formula is C14H9F3O5. The smallest absolute Gasteiger partial charge is 0.416 e. The standard InChI is InChI=1S/C14H9F3O5/c15-14(16,17)7-3-1-6(2-4-7)10-8(13(21)22)5-9(18)11(19)12(10)20/h1-5,18-20H,(H,21,22). The first kappa shape index (κ1) is 15.5. The summed E-state index contributed by atoms with van der Waals surface area (Å²) in [6.07, 6.45) is -4.56. The Hall–Kier alpha value is -2.90. The summed E-state index contributed by atoms with van der Waals surface area (Å²) >= 11 is 0. The lowest BCUT2D eigenvalue weighted by Gasteiger charge is -2.13. The van der Waals surface area contributed by atoms with Crippen LogP contribution in [0.25, 0.3) is 11.1 Å². The Balaban J connectivity index is 2.66. The number of hydrogen-bond donors (Lipinski definition) is 4. The van der Waals surface area contributed by atoms with Crippen molar-refractivity contribution in [2.45, 2.75) is 6.18 Å². The van der Waals surface area contributed by atoms with E-state index in [4.69, 9.17) is 5.11 Å². The number of rotatable bonds is 2. The molecule has 0 aromatic heterocycles. The van der Waals surface area contributed by atoms with Crippen LogP contribution in [0.2, 0.25) is 0 Å². The highest BCUT2D eigenvalue weighted by Crippen LogP contribution is 2.45. The first-order valence-electron chi connectivity index (χ1n) is 5.81. The maximum Gasteiger partial charge on any atom is 0.416 e. The number of alkyl halides is 3. The van der Waals surface area contributed by atoms with E-state index in [9.17, 15) is 33.3 Å². The van der Waals surface area contributed by atoms with Crippen LogP contribution < -0.4 is 0 Å². The molecule has 0 heterocycles. The Morgan fingerprint density at radius 1 is 0.955 bits per heavy atom. The van der Waals surface area contributed by atoms with Crippen LogP contribution in [0, 0.1) is 0 Å². The summed E-state index contributed by atoms with van der Waals surface area (Å²) in [5, 5.41) is 37.7. The zero-order chi connectivity index (χ0) is 16.7. The lowest BCUT2D eigenvalue weighted by molar-refractivity contribution is -0.137. The highest BCUT2D eigenvalue weighted by Gasteiger charge is 2.30. The van der Waals surface area contributed by atoms with Crippen LogP contribution in [0.15, 0.2) is 30.3 Å². The molecule has 0 bridgehead atoms. The number of hydrogen-bond acceptors (Lipinski definition) is 4. The van der Waals surface area contributed by atoms with Gasteiger partial charge in [-0.2, -0.15) is 13.2 Å². The first-order chi connectivity index (χ1) is 10.1. The summed E-state index contributed by atoms with van der Waals surface area (Å²) in [5.41, 5.74) is -1.96. The van der Waals surface area contributed by atoms with E-state index in [1.54, 1.807) is 0 Å². The Morgan fingerprint density at radius 3 is 1.95 bits per heavy atom. The predicted molar refractivity (Wildman–Crippen MR) is 68.8 cm³/mol. The summed E-state index contributed by atoms with van der Waals surface area (Å²) in [7, 11) is 0. The molecule has 0 unspecified atom stereocenters. The van der Waals surface area contributed by atoms with Crippen molar-refractivity contribution in [3.05, 3.63) is 41.5 Å². The fourth-order valence-corrected chi connectivity index (χ4v) is 1.93. The maximum absolute atomic E-state index is 12.5. The number of aromatic carboxylic acids is 1. The van der Waals surface area contributed by atoms with Crippen LogP contribution in [0.1, 0.15) is 15.9 Å². The van der Waals surface area contributed by atoms with Crippen molar-refractivity contribution in [1.29, 1.82) is 0 Å². The Morgan fingerprint density at radius 2 is 1.50 bits per heavy atom. The molecule has 0 amide bonds. The molecule has 0 spiro atoms. The minimum atomic E-state index is -4.56. The van der Waals surface area contributed by atoms with Crippen molar-refractivity contribution in [1.82, 2.24) is 0 Å². The van der Waals surface area contributed by atoms with Gasteiger partial charge < -0.3 is 20.4 Å². The van der Waals surface area contributed by atoms with E-state index in [-0.39, 0.29) is 5.56 Å². The van der Waals surface area contributed by atoms with Crippen LogP contribution in [0.3, 0.4) is 0 Å². The predicted octanol–water partition coefficient (Wildman–Crippen LogP) is 3.19. The van der Waals surface area contributed by atoms with E-state index in [1.807, 2.05) is 0 Å². The quantitative estimate of drug-likeness (QED) is 0.638. The minimum absolute atomic E-state index is 0.0572. The Bertz CT molecular complexity index is 736. The number of benzene rings is 2. The van der Waals surface area contributed by atoms with Crippen molar-refractivity contribution in [3.63, 3.8) is 0 Å². The molecule has 0 fully saturated rings. The van der Waals surface area contributed by atoms with Gasteiger partial charge in [-0.1, -0.05) is 12.1 Å². The van der Waals surface area contributed by atoms with Crippen molar-refractivity contribution in [2.24, 2.45) is 0 Å². The molecular weight excluding hydrogens is 305 g/mol. The SMILES string of the molecule is O=C(O)c1cc(O)c(O)c(O)c1-c1ccc(C(F)(F)F)cc1. The van der Waals surface area contributed by atoms with Gasteiger partial charge in [0.15, 0.2) is 11.5 Å². The summed E-state index contributed by atoms with van der Waals surface area (Å²) in [6, 6.07) is 4.04. The number of aromatic hydroxyl groups is 3. The van der Waals surface area contributed by atoms with Crippen LogP contribution in [-0.4, -0.2) is 26.4 Å². The van der Waals surface area contributed by atoms with Crippen LogP contribution in [0.4, 0.5) is 13.2 Å². The van der Waals surface area contributed by atoms with Gasteiger partial charge in [-0.3, -0.25) is 0 Å². The largest absolute Gasteiger partial charge is 0.504 e. The lowest BCUT2D eigenvalue weighted by Crippen LogP contribution is -2.04. The van der Waals surface area contributed by atoms with Crippen LogP contribution in [-0.2, 0) is 6.18 Å². The molecule has 8 heteroatoms. The molecule has 5 nitrogen and oxygen atoms in total. The van der Waals surface area contributed by atoms with E-state index in [1.165, 1.54) is 0 Å². The lowest BCUT2D eigenvalue weighted by atomic mass is 9.96. The molecule has 2 aromatic rings. The van der Waals surface area contributed by atoms with Gasteiger partial charge in [-0.05, 0) is 23.8 Å². The van der Waals surface area contributed by atoms with Gasteiger partial charge >= 0.3 is 12.1 Å². The van der Waals surface area contributed by atoms with Crippen molar-refractivity contribution in [3.8, 4) is 28.4 Å². The fraction of sp³-hybridized carbons (Fsp3) is 0.0714. The second kappa shape index (κ2) is 5.14. The molecule has 116 valence electrons. The van der Waals surface area contributed by atoms with Crippen LogP contribution >= 0.6 is 0 Å². The second-order valence-corrected chi connectivity index (χ2v) is 4.40. The molecule has 0 atom stereocenters. The molecule has 0 aliphatic rings.